The first-order valence-electron chi connectivity index (χ1n) is 5.88. The zero-order valence-electron chi connectivity index (χ0n) is 11.3. The zero-order valence-corrected chi connectivity index (χ0v) is 11.3. The summed E-state index contributed by atoms with van der Waals surface area (Å²) in [6.07, 6.45) is 4.36. The van der Waals surface area contributed by atoms with Gasteiger partial charge in [-0.15, -0.1) is 0 Å². The highest BCUT2D eigenvalue weighted by molar-refractivity contribution is 5.11. The van der Waals surface area contributed by atoms with Crippen molar-refractivity contribution < 1.29 is 0 Å². The van der Waals surface area contributed by atoms with Crippen LogP contribution in [0.1, 0.15) is 39.2 Å². The van der Waals surface area contributed by atoms with Gasteiger partial charge in [-0.3, -0.25) is 0 Å². The molecule has 0 N–H and O–H groups in total. The minimum Gasteiger partial charge on any atom is -0.0988 e. The van der Waals surface area contributed by atoms with Gasteiger partial charge < -0.3 is 0 Å². The molecule has 1 rings (SSSR count). The van der Waals surface area contributed by atoms with Gasteiger partial charge >= 0.3 is 0 Å². The van der Waals surface area contributed by atoms with Gasteiger partial charge in [-0.1, -0.05) is 87.4 Å². The van der Waals surface area contributed by atoms with E-state index in [2.05, 4.69) is 46.1 Å². The SMILES string of the molecule is C=CC(=C)C.CCCC.Cc1ccccc1. The fourth-order valence-corrected chi connectivity index (χ4v) is 0.534. The van der Waals surface area contributed by atoms with Gasteiger partial charge in [0, 0.05) is 0 Å². The number of rotatable bonds is 2. The van der Waals surface area contributed by atoms with Gasteiger partial charge in [0.25, 0.3) is 0 Å². The van der Waals surface area contributed by atoms with Gasteiger partial charge in [-0.05, 0) is 13.8 Å². The van der Waals surface area contributed by atoms with E-state index in [-0.39, 0.29) is 0 Å². The molecule has 0 amide bonds. The summed E-state index contributed by atoms with van der Waals surface area (Å²) in [6.45, 7) is 15.4. The molecule has 0 aliphatic carbocycles. The molecule has 0 radical (unpaired) electrons. The minimum atomic E-state index is 1.02. The predicted molar refractivity (Wildman–Crippen MR) is 76.8 cm³/mol. The van der Waals surface area contributed by atoms with Crippen LogP contribution in [-0.4, -0.2) is 0 Å². The Labute approximate surface area is 102 Å². The molecule has 0 bridgehead atoms. The lowest BCUT2D eigenvalue weighted by molar-refractivity contribution is 0.886. The zero-order chi connectivity index (χ0) is 12.8. The van der Waals surface area contributed by atoms with Crippen LogP contribution in [0, 0.1) is 6.92 Å². The molecule has 0 fully saturated rings. The Morgan fingerprint density at radius 2 is 1.50 bits per heavy atom. The molecule has 0 unspecified atom stereocenters. The summed E-state index contributed by atoms with van der Waals surface area (Å²) >= 11 is 0. The molecule has 0 aromatic heterocycles. The molecule has 0 spiro atoms. The summed E-state index contributed by atoms with van der Waals surface area (Å²) in [5.74, 6) is 0. The van der Waals surface area contributed by atoms with Gasteiger partial charge in [0.15, 0.2) is 0 Å². The van der Waals surface area contributed by atoms with Crippen molar-refractivity contribution >= 4 is 0 Å². The highest BCUT2D eigenvalue weighted by Gasteiger charge is 1.72. The summed E-state index contributed by atoms with van der Waals surface area (Å²) in [6, 6.07) is 10.3. The topological polar surface area (TPSA) is 0 Å². The van der Waals surface area contributed by atoms with Gasteiger partial charge in [-0.2, -0.15) is 0 Å². The van der Waals surface area contributed by atoms with Gasteiger partial charge in [-0.25, -0.2) is 0 Å². The molecule has 0 nitrogen and oxygen atoms in total. The van der Waals surface area contributed by atoms with Crippen molar-refractivity contribution in [2.24, 2.45) is 0 Å². The van der Waals surface area contributed by atoms with Crippen LogP contribution < -0.4 is 0 Å². The van der Waals surface area contributed by atoms with Crippen molar-refractivity contribution in [3.8, 4) is 0 Å². The van der Waals surface area contributed by atoms with Gasteiger partial charge in [0.05, 0.1) is 0 Å². The smallest absolute Gasteiger partial charge is 0.0398 e. The first-order chi connectivity index (χ1) is 7.58. The Kier molecular flexibility index (Phi) is 14.6. The van der Waals surface area contributed by atoms with E-state index in [1.807, 2.05) is 25.1 Å². The molecule has 0 heteroatoms. The molecule has 0 saturated carbocycles. The van der Waals surface area contributed by atoms with E-state index >= 15 is 0 Å². The van der Waals surface area contributed by atoms with E-state index in [4.69, 9.17) is 0 Å². The fourth-order valence-electron chi connectivity index (χ4n) is 0.534. The monoisotopic (exact) mass is 218 g/mol. The predicted octanol–water partition coefficient (Wildman–Crippen LogP) is 5.55. The lowest BCUT2D eigenvalue weighted by Gasteiger charge is -1.82. The summed E-state index contributed by atoms with van der Waals surface area (Å²) < 4.78 is 0. The number of hydrogen-bond acceptors (Lipinski definition) is 0. The van der Waals surface area contributed by atoms with E-state index in [0.29, 0.717) is 0 Å². The maximum absolute atomic E-state index is 3.56. The van der Waals surface area contributed by atoms with Crippen LogP contribution in [0.25, 0.3) is 0 Å². The second-order valence-electron chi connectivity index (χ2n) is 3.71. The third-order valence-electron chi connectivity index (χ3n) is 1.79. The van der Waals surface area contributed by atoms with Gasteiger partial charge in [0.1, 0.15) is 0 Å². The fraction of sp³-hybridized carbons (Fsp3) is 0.375. The van der Waals surface area contributed by atoms with Crippen LogP contribution in [0.15, 0.2) is 55.1 Å². The third kappa shape index (κ3) is 18.5. The largest absolute Gasteiger partial charge is 0.0988 e. The molecule has 1 aromatic carbocycles. The Balaban J connectivity index is 0. The highest BCUT2D eigenvalue weighted by Crippen LogP contribution is 1.92. The molecule has 0 aliphatic heterocycles. The number of benzene rings is 1. The van der Waals surface area contributed by atoms with Crippen LogP contribution >= 0.6 is 0 Å². The molecule has 0 saturated heterocycles. The van der Waals surface area contributed by atoms with E-state index in [1.54, 1.807) is 6.08 Å². The second-order valence-corrected chi connectivity index (χ2v) is 3.71. The Hall–Kier alpha value is -1.30. The molecule has 0 aliphatic rings. The molecule has 16 heavy (non-hydrogen) atoms. The molecular weight excluding hydrogens is 192 g/mol. The van der Waals surface area contributed by atoms with Crippen LogP contribution in [0.2, 0.25) is 0 Å². The summed E-state index contributed by atoms with van der Waals surface area (Å²) in [5.41, 5.74) is 2.34. The van der Waals surface area contributed by atoms with Crippen molar-refractivity contribution in [3.05, 3.63) is 60.7 Å². The maximum atomic E-state index is 3.56. The van der Waals surface area contributed by atoms with Crippen LogP contribution in [0.3, 0.4) is 0 Å². The average molecular weight is 218 g/mol. The second kappa shape index (κ2) is 13.7. The number of hydrogen-bond donors (Lipinski definition) is 0. The van der Waals surface area contributed by atoms with Crippen molar-refractivity contribution in [3.63, 3.8) is 0 Å². The highest BCUT2D eigenvalue weighted by atomic mass is 13.8. The van der Waals surface area contributed by atoms with Crippen molar-refractivity contribution in [2.45, 2.75) is 40.5 Å². The van der Waals surface area contributed by atoms with Crippen LogP contribution in [0.5, 0.6) is 0 Å². The molecule has 0 atom stereocenters. The lowest BCUT2D eigenvalue weighted by Crippen LogP contribution is -1.62. The quantitative estimate of drug-likeness (QED) is 0.571. The lowest BCUT2D eigenvalue weighted by atomic mass is 10.2. The van der Waals surface area contributed by atoms with Crippen LogP contribution in [0.4, 0.5) is 0 Å². The number of aryl methyl sites for hydroxylation is 1. The Morgan fingerprint density at radius 3 is 1.62 bits per heavy atom. The van der Waals surface area contributed by atoms with Crippen LogP contribution in [-0.2, 0) is 0 Å². The standard InChI is InChI=1S/C7H8.C5H8.C4H10/c1-7-5-3-2-4-6-7;1-4-5(2)3;1-3-4-2/h2-6H,1H3;4H,1-2H2,3H3;3-4H2,1-2H3. The third-order valence-corrected chi connectivity index (χ3v) is 1.79. The summed E-state index contributed by atoms with van der Waals surface area (Å²) in [5, 5.41) is 0. The average Bonchev–Trinajstić information content (AvgIpc) is 2.31. The minimum absolute atomic E-state index is 1.02. The van der Waals surface area contributed by atoms with Crippen molar-refractivity contribution in [2.75, 3.05) is 0 Å². The molecular formula is C16H26. The molecule has 0 heterocycles. The maximum Gasteiger partial charge on any atom is -0.0398 e. The van der Waals surface area contributed by atoms with Gasteiger partial charge in [0.2, 0.25) is 0 Å². The van der Waals surface area contributed by atoms with Crippen molar-refractivity contribution in [1.82, 2.24) is 0 Å². The summed E-state index contributed by atoms with van der Waals surface area (Å²) in [4.78, 5) is 0. The molecule has 1 aromatic rings. The van der Waals surface area contributed by atoms with Crippen molar-refractivity contribution in [1.29, 1.82) is 0 Å². The first kappa shape index (κ1) is 17.1. The number of unbranched alkanes of at least 4 members (excludes halogenated alkanes) is 1. The van der Waals surface area contributed by atoms with E-state index in [1.165, 1.54) is 18.4 Å². The Morgan fingerprint density at radius 1 is 1.12 bits per heavy atom. The normalized spacial score (nSPS) is 7.75. The first-order valence-corrected chi connectivity index (χ1v) is 5.88. The summed E-state index contributed by atoms with van der Waals surface area (Å²) in [7, 11) is 0. The molecule has 90 valence electrons. The Bertz CT molecular complexity index is 255. The number of allylic oxidation sites excluding steroid dienone is 2. The van der Waals surface area contributed by atoms with E-state index in [9.17, 15) is 0 Å². The van der Waals surface area contributed by atoms with E-state index in [0.717, 1.165) is 5.57 Å². The van der Waals surface area contributed by atoms with E-state index < -0.39 is 0 Å².